The number of rotatable bonds is 10. The van der Waals surface area contributed by atoms with Crippen LogP contribution in [-0.2, 0) is 23.3 Å². The maximum Gasteiger partial charge on any atom is 0.387 e. The van der Waals surface area contributed by atoms with Crippen molar-refractivity contribution in [3.8, 4) is 5.75 Å². The average Bonchev–Trinajstić information content (AvgIpc) is 3.93. The highest BCUT2D eigenvalue weighted by Crippen LogP contribution is 2.50. The van der Waals surface area contributed by atoms with Gasteiger partial charge < -0.3 is 18.7 Å². The number of carboxylic acid groups (broad SMARTS) is 1. The standard InChI is InChI=1S/C40H40F2N4O5/c1-24-9-3-4-10-28(24)29-11-7-15-40(25(29)2,37-43-30-14-13-26(19-34(30)49-37)22-45-16-5-6-17-45)38-44-31-20-27(23-46-18-8-12-32(46)36(47)48)33(51-39(41)42)21-35(31)50-38/h3-4,7,9-11,13-15,19-21,25,32,39H,5-6,8,12,16-18,22-23H2,1-2H3,(H,47,48)/t25?,32-,40?/m0/s1. The molecule has 3 atom stereocenters. The molecular formula is C40H40F2N4O5. The summed E-state index contributed by atoms with van der Waals surface area (Å²) in [7, 11) is 0. The molecule has 9 nitrogen and oxygen atoms in total. The first-order valence-corrected chi connectivity index (χ1v) is 17.6. The number of likely N-dealkylation sites (tertiary alicyclic amines) is 2. The Bertz CT molecular complexity index is 2170. The zero-order chi connectivity index (χ0) is 35.3. The van der Waals surface area contributed by atoms with Crippen LogP contribution in [0.3, 0.4) is 0 Å². The normalized spacial score (nSPS) is 22.8. The van der Waals surface area contributed by atoms with Crippen molar-refractivity contribution in [1.82, 2.24) is 19.8 Å². The molecule has 0 saturated carbocycles. The minimum atomic E-state index is -3.08. The summed E-state index contributed by atoms with van der Waals surface area (Å²) in [4.78, 5) is 26.2. The number of halogens is 2. The molecule has 4 heterocycles. The molecule has 8 rings (SSSR count). The van der Waals surface area contributed by atoms with Gasteiger partial charge in [0.15, 0.2) is 11.2 Å². The minimum Gasteiger partial charge on any atom is -0.480 e. The summed E-state index contributed by atoms with van der Waals surface area (Å²) < 4.78 is 45.6. The van der Waals surface area contributed by atoms with Crippen LogP contribution in [0.5, 0.6) is 5.75 Å². The van der Waals surface area contributed by atoms with Gasteiger partial charge in [-0.15, -0.1) is 0 Å². The van der Waals surface area contributed by atoms with Crippen LogP contribution in [0.2, 0.25) is 0 Å². The van der Waals surface area contributed by atoms with Crippen LogP contribution < -0.4 is 4.74 Å². The second-order valence-electron chi connectivity index (χ2n) is 14.0. The number of allylic oxidation sites excluding steroid dienone is 4. The Morgan fingerprint density at radius 2 is 1.73 bits per heavy atom. The maximum absolute atomic E-state index is 13.7. The third-order valence-corrected chi connectivity index (χ3v) is 10.8. The van der Waals surface area contributed by atoms with Gasteiger partial charge in [-0.2, -0.15) is 8.78 Å². The van der Waals surface area contributed by atoms with Crippen LogP contribution >= 0.6 is 0 Å². The molecule has 1 N–H and O–H groups in total. The Hall–Kier alpha value is -4.87. The van der Waals surface area contributed by atoms with E-state index in [4.69, 9.17) is 23.5 Å². The number of hydrogen-bond donors (Lipinski definition) is 1. The molecule has 11 heteroatoms. The molecule has 2 unspecified atom stereocenters. The number of oxazole rings is 2. The largest absolute Gasteiger partial charge is 0.480 e. The third kappa shape index (κ3) is 6.12. The zero-order valence-electron chi connectivity index (χ0n) is 28.6. The molecule has 51 heavy (non-hydrogen) atoms. The molecule has 2 fully saturated rings. The number of aliphatic carboxylic acids is 1. The van der Waals surface area contributed by atoms with Crippen LogP contribution in [0.4, 0.5) is 8.78 Å². The lowest BCUT2D eigenvalue weighted by molar-refractivity contribution is -0.142. The number of aryl methyl sites for hydroxylation is 1. The molecule has 2 saturated heterocycles. The van der Waals surface area contributed by atoms with E-state index in [1.54, 1.807) is 11.0 Å². The number of carbonyl (C=O) groups is 1. The first-order valence-electron chi connectivity index (χ1n) is 17.6. The first-order chi connectivity index (χ1) is 24.7. The van der Waals surface area contributed by atoms with E-state index in [0.29, 0.717) is 53.3 Å². The topological polar surface area (TPSA) is 105 Å². The van der Waals surface area contributed by atoms with Gasteiger partial charge in [0.25, 0.3) is 0 Å². The number of carboxylic acids is 1. The summed E-state index contributed by atoms with van der Waals surface area (Å²) in [5.74, 6) is -0.575. The average molecular weight is 695 g/mol. The van der Waals surface area contributed by atoms with E-state index >= 15 is 0 Å². The number of nitrogens with zero attached hydrogens (tertiary/aromatic N) is 4. The van der Waals surface area contributed by atoms with Crippen molar-refractivity contribution in [2.45, 2.75) is 70.7 Å². The predicted molar refractivity (Wildman–Crippen MR) is 188 cm³/mol. The van der Waals surface area contributed by atoms with Crippen molar-refractivity contribution >= 4 is 33.7 Å². The molecule has 2 aromatic heterocycles. The van der Waals surface area contributed by atoms with E-state index in [2.05, 4.69) is 49.1 Å². The lowest BCUT2D eigenvalue weighted by Gasteiger charge is -2.35. The summed E-state index contributed by atoms with van der Waals surface area (Å²) in [6.07, 6.45) is 9.67. The highest BCUT2D eigenvalue weighted by Gasteiger charge is 2.49. The monoisotopic (exact) mass is 694 g/mol. The van der Waals surface area contributed by atoms with Crippen LogP contribution in [0, 0.1) is 12.8 Å². The van der Waals surface area contributed by atoms with Gasteiger partial charge in [0, 0.05) is 30.6 Å². The summed E-state index contributed by atoms with van der Waals surface area (Å²) in [5, 5.41) is 9.76. The van der Waals surface area contributed by atoms with Gasteiger partial charge in [-0.05, 0) is 92.7 Å². The fourth-order valence-corrected chi connectivity index (χ4v) is 8.12. The van der Waals surface area contributed by atoms with Crippen molar-refractivity contribution in [1.29, 1.82) is 0 Å². The third-order valence-electron chi connectivity index (χ3n) is 10.8. The smallest absolute Gasteiger partial charge is 0.387 e. The quantitative estimate of drug-likeness (QED) is 0.155. The van der Waals surface area contributed by atoms with Gasteiger partial charge in [-0.1, -0.05) is 55.5 Å². The van der Waals surface area contributed by atoms with Crippen LogP contribution in [0.15, 0.2) is 81.7 Å². The van der Waals surface area contributed by atoms with Crippen molar-refractivity contribution in [3.05, 3.63) is 107 Å². The molecular weight excluding hydrogens is 654 g/mol. The Morgan fingerprint density at radius 1 is 0.980 bits per heavy atom. The minimum absolute atomic E-state index is 0.0783. The summed E-state index contributed by atoms with van der Waals surface area (Å²) in [6.45, 7) is 4.75. The van der Waals surface area contributed by atoms with Crippen molar-refractivity contribution in [2.75, 3.05) is 19.6 Å². The fourth-order valence-electron chi connectivity index (χ4n) is 8.12. The van der Waals surface area contributed by atoms with Crippen molar-refractivity contribution < 1.29 is 32.3 Å². The van der Waals surface area contributed by atoms with Gasteiger partial charge in [-0.25, -0.2) is 9.97 Å². The second-order valence-corrected chi connectivity index (χ2v) is 14.0. The van der Waals surface area contributed by atoms with E-state index in [0.717, 1.165) is 41.9 Å². The second kappa shape index (κ2) is 13.4. The molecule has 2 aliphatic heterocycles. The fraction of sp³-hybridized carbons (Fsp3) is 0.375. The maximum atomic E-state index is 13.7. The van der Waals surface area contributed by atoms with Gasteiger partial charge >= 0.3 is 12.6 Å². The molecule has 264 valence electrons. The lowest BCUT2D eigenvalue weighted by atomic mass is 9.67. The summed E-state index contributed by atoms with van der Waals surface area (Å²) in [5.41, 5.74) is 5.76. The highest BCUT2D eigenvalue weighted by molar-refractivity contribution is 5.80. The van der Waals surface area contributed by atoms with E-state index in [1.165, 1.54) is 18.9 Å². The van der Waals surface area contributed by atoms with E-state index in [9.17, 15) is 18.7 Å². The molecule has 3 aliphatic rings. The lowest BCUT2D eigenvalue weighted by Crippen LogP contribution is -2.36. The zero-order valence-corrected chi connectivity index (χ0v) is 28.6. The van der Waals surface area contributed by atoms with Crippen LogP contribution in [0.25, 0.3) is 27.8 Å². The molecule has 1 aliphatic carbocycles. The summed E-state index contributed by atoms with van der Waals surface area (Å²) in [6, 6.07) is 16.7. The predicted octanol–water partition coefficient (Wildman–Crippen LogP) is 8.10. The molecule has 5 aromatic rings. The number of aromatic nitrogens is 2. The molecule has 0 radical (unpaired) electrons. The molecule has 0 spiro atoms. The van der Waals surface area contributed by atoms with Crippen molar-refractivity contribution in [2.24, 2.45) is 5.92 Å². The van der Waals surface area contributed by atoms with Gasteiger partial charge in [0.05, 0.1) is 0 Å². The SMILES string of the molecule is Cc1ccccc1C1=CC=CC(c2nc3ccc(CN4CCCC4)cc3o2)(c2nc3cc(CN4CCC[C@H]4C(=O)O)c(OC(F)F)cc3o2)C1C. The number of hydrogen-bond acceptors (Lipinski definition) is 8. The summed E-state index contributed by atoms with van der Waals surface area (Å²) >= 11 is 0. The van der Waals surface area contributed by atoms with Gasteiger partial charge in [-0.3, -0.25) is 14.6 Å². The van der Waals surface area contributed by atoms with Crippen LogP contribution in [-0.4, -0.2) is 63.1 Å². The number of fused-ring (bicyclic) bond motifs is 2. The Balaban J connectivity index is 1.26. The number of alkyl halides is 2. The number of ether oxygens (including phenoxy) is 1. The molecule has 0 bridgehead atoms. The first kappa shape index (κ1) is 33.3. The highest BCUT2D eigenvalue weighted by atomic mass is 19.3. The van der Waals surface area contributed by atoms with Crippen molar-refractivity contribution in [3.63, 3.8) is 0 Å². The Morgan fingerprint density at radius 3 is 2.47 bits per heavy atom. The molecule has 0 amide bonds. The Labute approximate surface area is 294 Å². The molecule has 3 aromatic carbocycles. The van der Waals surface area contributed by atoms with E-state index in [1.807, 2.05) is 30.4 Å². The van der Waals surface area contributed by atoms with Crippen LogP contribution in [0.1, 0.15) is 66.6 Å². The van der Waals surface area contributed by atoms with E-state index in [-0.39, 0.29) is 23.8 Å². The van der Waals surface area contributed by atoms with Gasteiger partial charge in [0.1, 0.15) is 28.2 Å². The number of benzene rings is 3. The Kier molecular flexibility index (Phi) is 8.71. The van der Waals surface area contributed by atoms with E-state index < -0.39 is 24.0 Å². The van der Waals surface area contributed by atoms with Gasteiger partial charge in [0.2, 0.25) is 11.8 Å².